The maximum absolute atomic E-state index is 11.9. The fourth-order valence-electron chi connectivity index (χ4n) is 2.35. The highest BCUT2D eigenvalue weighted by Crippen LogP contribution is 2.14. The third kappa shape index (κ3) is 5.17. The lowest BCUT2D eigenvalue weighted by molar-refractivity contribution is -0.120. The number of nitrogens with zero attached hydrogens (tertiary/aromatic N) is 2. The van der Waals surface area contributed by atoms with Crippen molar-refractivity contribution in [2.45, 2.75) is 26.5 Å². The third-order valence-corrected chi connectivity index (χ3v) is 3.64. The molecule has 2 heterocycles. The van der Waals surface area contributed by atoms with Gasteiger partial charge >= 0.3 is 0 Å². The fourth-order valence-corrected chi connectivity index (χ4v) is 2.35. The minimum atomic E-state index is -0.0524. The number of hydrogen-bond donors (Lipinski definition) is 2. The van der Waals surface area contributed by atoms with E-state index >= 15 is 0 Å². The molecule has 0 spiro atoms. The van der Waals surface area contributed by atoms with E-state index in [9.17, 15) is 4.79 Å². The molecule has 6 nitrogen and oxygen atoms in total. The molecule has 25 heavy (non-hydrogen) atoms. The van der Waals surface area contributed by atoms with Gasteiger partial charge in [0.05, 0.1) is 12.1 Å². The number of benzene rings is 1. The summed E-state index contributed by atoms with van der Waals surface area (Å²) < 4.78 is 5.71. The lowest BCUT2D eigenvalue weighted by Gasteiger charge is -2.08. The van der Waals surface area contributed by atoms with Gasteiger partial charge < -0.3 is 10.1 Å². The number of amides is 1. The first-order chi connectivity index (χ1) is 12.2. The second kappa shape index (κ2) is 8.10. The van der Waals surface area contributed by atoms with Crippen molar-refractivity contribution >= 4 is 5.91 Å². The number of carbonyl (C=O) groups excluding carboxylic acids is 1. The van der Waals surface area contributed by atoms with Crippen molar-refractivity contribution in [1.82, 2.24) is 20.5 Å². The van der Waals surface area contributed by atoms with E-state index in [-0.39, 0.29) is 12.3 Å². The van der Waals surface area contributed by atoms with Gasteiger partial charge in [-0.25, -0.2) is 0 Å². The van der Waals surface area contributed by atoms with Crippen LogP contribution in [0.2, 0.25) is 0 Å². The van der Waals surface area contributed by atoms with Gasteiger partial charge in [-0.3, -0.25) is 14.9 Å². The molecule has 0 radical (unpaired) electrons. The predicted molar refractivity (Wildman–Crippen MR) is 93.9 cm³/mol. The van der Waals surface area contributed by atoms with E-state index in [0.29, 0.717) is 13.2 Å². The Labute approximate surface area is 146 Å². The Bertz CT molecular complexity index is 813. The largest absolute Gasteiger partial charge is 0.489 e. The van der Waals surface area contributed by atoms with Crippen molar-refractivity contribution in [3.05, 3.63) is 77.4 Å². The third-order valence-electron chi connectivity index (χ3n) is 3.64. The molecule has 0 bridgehead atoms. The number of ether oxygens (including phenoxy) is 1. The van der Waals surface area contributed by atoms with Crippen LogP contribution in [0.3, 0.4) is 0 Å². The Morgan fingerprint density at radius 3 is 2.72 bits per heavy atom. The molecule has 0 saturated carbocycles. The number of pyridine rings is 1. The molecule has 1 amide bonds. The molecule has 6 heteroatoms. The minimum absolute atomic E-state index is 0.0524. The SMILES string of the molecule is Cc1cc(CC(=O)NCc2ccc(OCc3cccnc3)cc2)n[nH]1. The van der Waals surface area contributed by atoms with E-state index in [1.54, 1.807) is 12.4 Å². The molecule has 0 aliphatic heterocycles. The molecule has 0 aliphatic carbocycles. The van der Waals surface area contributed by atoms with Gasteiger partial charge in [0, 0.05) is 30.2 Å². The second-order valence-electron chi connectivity index (χ2n) is 5.79. The quantitative estimate of drug-likeness (QED) is 0.695. The van der Waals surface area contributed by atoms with Crippen molar-refractivity contribution in [2.24, 2.45) is 0 Å². The van der Waals surface area contributed by atoms with Gasteiger partial charge in [0.25, 0.3) is 0 Å². The van der Waals surface area contributed by atoms with Crippen LogP contribution in [0.15, 0.2) is 54.9 Å². The van der Waals surface area contributed by atoms with E-state index in [1.165, 1.54) is 0 Å². The summed E-state index contributed by atoms with van der Waals surface area (Å²) in [5.74, 6) is 0.731. The fraction of sp³-hybridized carbons (Fsp3) is 0.211. The zero-order valence-corrected chi connectivity index (χ0v) is 14.0. The maximum atomic E-state index is 11.9. The molecule has 0 saturated heterocycles. The average Bonchev–Trinajstić information content (AvgIpc) is 3.04. The molecule has 2 aromatic heterocycles. The number of nitrogens with one attached hydrogen (secondary N) is 2. The zero-order chi connectivity index (χ0) is 17.5. The summed E-state index contributed by atoms with van der Waals surface area (Å²) in [5, 5.41) is 9.78. The van der Waals surface area contributed by atoms with Crippen molar-refractivity contribution in [2.75, 3.05) is 0 Å². The standard InChI is InChI=1S/C19H20N4O2/c1-14-9-17(23-22-14)10-19(24)21-12-15-4-6-18(7-5-15)25-13-16-3-2-8-20-11-16/h2-9,11H,10,12-13H2,1H3,(H,21,24)(H,22,23). The Morgan fingerprint density at radius 2 is 2.04 bits per heavy atom. The normalized spacial score (nSPS) is 10.4. The van der Waals surface area contributed by atoms with Gasteiger partial charge in [0.2, 0.25) is 5.91 Å². The number of H-pyrrole nitrogens is 1. The van der Waals surface area contributed by atoms with Crippen LogP contribution < -0.4 is 10.1 Å². The highest BCUT2D eigenvalue weighted by atomic mass is 16.5. The van der Waals surface area contributed by atoms with Crippen LogP contribution in [0.25, 0.3) is 0 Å². The van der Waals surface area contributed by atoms with Gasteiger partial charge in [0.1, 0.15) is 12.4 Å². The van der Waals surface area contributed by atoms with Gasteiger partial charge in [-0.2, -0.15) is 5.10 Å². The summed E-state index contributed by atoms with van der Waals surface area (Å²) in [6, 6.07) is 13.4. The topological polar surface area (TPSA) is 79.9 Å². The molecule has 0 unspecified atom stereocenters. The molecule has 128 valence electrons. The van der Waals surface area contributed by atoms with E-state index < -0.39 is 0 Å². The lowest BCUT2D eigenvalue weighted by atomic mass is 10.2. The highest BCUT2D eigenvalue weighted by Gasteiger charge is 2.06. The van der Waals surface area contributed by atoms with Crippen LogP contribution in [0, 0.1) is 6.92 Å². The van der Waals surface area contributed by atoms with E-state index in [0.717, 1.165) is 28.3 Å². The van der Waals surface area contributed by atoms with Crippen LogP contribution in [0.5, 0.6) is 5.75 Å². The van der Waals surface area contributed by atoms with E-state index in [1.807, 2.05) is 49.4 Å². The van der Waals surface area contributed by atoms with E-state index in [2.05, 4.69) is 20.5 Å². The molecule has 3 aromatic rings. The predicted octanol–water partition coefficient (Wildman–Crippen LogP) is 2.55. The summed E-state index contributed by atoms with van der Waals surface area (Å²) in [6.07, 6.45) is 3.79. The number of aromatic amines is 1. The van der Waals surface area contributed by atoms with Gasteiger partial charge in [-0.1, -0.05) is 18.2 Å². The first-order valence-corrected chi connectivity index (χ1v) is 8.07. The molecule has 3 rings (SSSR count). The Balaban J connectivity index is 1.45. The summed E-state index contributed by atoms with van der Waals surface area (Å²) in [5.41, 5.74) is 3.73. The van der Waals surface area contributed by atoms with E-state index in [4.69, 9.17) is 4.74 Å². The number of aryl methyl sites for hydroxylation is 1. The minimum Gasteiger partial charge on any atom is -0.489 e. The molecular formula is C19H20N4O2. The average molecular weight is 336 g/mol. The monoisotopic (exact) mass is 336 g/mol. The molecule has 2 N–H and O–H groups in total. The molecular weight excluding hydrogens is 316 g/mol. The lowest BCUT2D eigenvalue weighted by Crippen LogP contribution is -2.24. The van der Waals surface area contributed by atoms with Crippen LogP contribution in [-0.4, -0.2) is 21.1 Å². The summed E-state index contributed by atoms with van der Waals surface area (Å²) in [7, 11) is 0. The number of aromatic nitrogens is 3. The molecule has 1 aromatic carbocycles. The van der Waals surface area contributed by atoms with Crippen LogP contribution in [-0.2, 0) is 24.4 Å². The Morgan fingerprint density at radius 1 is 1.20 bits per heavy atom. The van der Waals surface area contributed by atoms with Crippen molar-refractivity contribution in [3.8, 4) is 5.75 Å². The van der Waals surface area contributed by atoms with Crippen LogP contribution in [0.4, 0.5) is 0 Å². The Kier molecular flexibility index (Phi) is 5.41. The van der Waals surface area contributed by atoms with Gasteiger partial charge in [-0.15, -0.1) is 0 Å². The summed E-state index contributed by atoms with van der Waals surface area (Å²) >= 11 is 0. The molecule has 0 atom stereocenters. The Hall–Kier alpha value is -3.15. The van der Waals surface area contributed by atoms with Crippen molar-refractivity contribution in [3.63, 3.8) is 0 Å². The zero-order valence-electron chi connectivity index (χ0n) is 14.0. The van der Waals surface area contributed by atoms with Gasteiger partial charge in [0.15, 0.2) is 0 Å². The van der Waals surface area contributed by atoms with Gasteiger partial charge in [-0.05, 0) is 36.8 Å². The number of hydrogen-bond acceptors (Lipinski definition) is 4. The summed E-state index contributed by atoms with van der Waals surface area (Å²) in [4.78, 5) is 16.0. The second-order valence-corrected chi connectivity index (χ2v) is 5.79. The van der Waals surface area contributed by atoms with Crippen LogP contribution in [0.1, 0.15) is 22.5 Å². The van der Waals surface area contributed by atoms with Crippen LogP contribution >= 0.6 is 0 Å². The van der Waals surface area contributed by atoms with Crippen molar-refractivity contribution < 1.29 is 9.53 Å². The maximum Gasteiger partial charge on any atom is 0.226 e. The highest BCUT2D eigenvalue weighted by molar-refractivity contribution is 5.78. The van der Waals surface area contributed by atoms with Crippen molar-refractivity contribution in [1.29, 1.82) is 0 Å². The first kappa shape index (κ1) is 16.7. The number of rotatable bonds is 7. The smallest absolute Gasteiger partial charge is 0.226 e. The first-order valence-electron chi connectivity index (χ1n) is 8.07. The summed E-state index contributed by atoms with van der Waals surface area (Å²) in [6.45, 7) is 2.87. The number of carbonyl (C=O) groups is 1. The molecule has 0 aliphatic rings. The molecule has 0 fully saturated rings.